The zero-order chi connectivity index (χ0) is 15.6. The monoisotopic (exact) mass is 322 g/mol. The third kappa shape index (κ3) is 3.54. The average molecular weight is 323 g/mol. The van der Waals surface area contributed by atoms with E-state index in [1.54, 1.807) is 0 Å². The molecule has 0 bridgehead atoms. The Kier molecular flexibility index (Phi) is 4.85. The molecule has 0 aliphatic carbocycles. The van der Waals surface area contributed by atoms with E-state index in [2.05, 4.69) is 22.7 Å². The van der Waals surface area contributed by atoms with E-state index < -0.39 is 0 Å². The van der Waals surface area contributed by atoms with Crippen LogP contribution in [0.25, 0.3) is 0 Å². The minimum absolute atomic E-state index is 0.0817. The lowest BCUT2D eigenvalue weighted by Crippen LogP contribution is -2.31. The Morgan fingerprint density at radius 2 is 2.10 bits per heavy atom. The number of aromatic nitrogens is 2. The zero-order valence-electron chi connectivity index (χ0n) is 12.6. The maximum Gasteiger partial charge on any atom is 0.171 e. The molecule has 0 saturated heterocycles. The van der Waals surface area contributed by atoms with Gasteiger partial charge in [0.2, 0.25) is 0 Å². The molecular weight excluding hydrogens is 304 g/mol. The van der Waals surface area contributed by atoms with Crippen LogP contribution in [0.5, 0.6) is 0 Å². The molecular formula is C15H19ClN4S. The summed E-state index contributed by atoms with van der Waals surface area (Å²) in [6, 6.07) is 5.79. The fraction of sp³-hybridized carbons (Fsp3) is 0.333. The van der Waals surface area contributed by atoms with Crippen LogP contribution in [0.3, 0.4) is 0 Å². The minimum atomic E-state index is 0.0817. The van der Waals surface area contributed by atoms with Crippen LogP contribution in [-0.4, -0.2) is 14.9 Å². The standard InChI is InChI=1S/C15H19ClN4S/c1-9-13(16)6-5-7-14(9)19-15(21)18-10(2)12-8-17-20(4)11(12)3/h5-8,10H,1-4H3,(H2,18,19,21). The van der Waals surface area contributed by atoms with Gasteiger partial charge in [-0.25, -0.2) is 0 Å². The van der Waals surface area contributed by atoms with Crippen LogP contribution in [0, 0.1) is 13.8 Å². The van der Waals surface area contributed by atoms with E-state index >= 15 is 0 Å². The lowest BCUT2D eigenvalue weighted by Gasteiger charge is -2.18. The molecule has 2 N–H and O–H groups in total. The molecule has 1 unspecified atom stereocenters. The Balaban J connectivity index is 2.05. The van der Waals surface area contributed by atoms with Gasteiger partial charge >= 0.3 is 0 Å². The van der Waals surface area contributed by atoms with Crippen molar-refractivity contribution in [2.45, 2.75) is 26.8 Å². The van der Waals surface area contributed by atoms with Crippen LogP contribution in [0.15, 0.2) is 24.4 Å². The lowest BCUT2D eigenvalue weighted by atomic mass is 10.1. The highest BCUT2D eigenvalue weighted by Gasteiger charge is 2.13. The van der Waals surface area contributed by atoms with Gasteiger partial charge in [0.15, 0.2) is 5.11 Å². The van der Waals surface area contributed by atoms with Gasteiger partial charge in [0.05, 0.1) is 12.2 Å². The third-order valence-corrected chi connectivity index (χ3v) is 4.23. The van der Waals surface area contributed by atoms with Crippen molar-refractivity contribution < 1.29 is 0 Å². The number of nitrogens with zero attached hydrogens (tertiary/aromatic N) is 2. The van der Waals surface area contributed by atoms with Gasteiger partial charge in [-0.05, 0) is 50.7 Å². The van der Waals surface area contributed by atoms with Crippen LogP contribution in [0.2, 0.25) is 5.02 Å². The van der Waals surface area contributed by atoms with Gasteiger partial charge in [0.25, 0.3) is 0 Å². The van der Waals surface area contributed by atoms with E-state index in [0.29, 0.717) is 5.11 Å². The summed E-state index contributed by atoms with van der Waals surface area (Å²) in [6.45, 7) is 6.06. The van der Waals surface area contributed by atoms with E-state index in [1.807, 2.05) is 50.0 Å². The predicted molar refractivity (Wildman–Crippen MR) is 91.9 cm³/mol. The first-order chi connectivity index (χ1) is 9.90. The highest BCUT2D eigenvalue weighted by Crippen LogP contribution is 2.23. The van der Waals surface area contributed by atoms with Gasteiger partial charge in [-0.3, -0.25) is 4.68 Å². The molecule has 6 heteroatoms. The van der Waals surface area contributed by atoms with Crippen LogP contribution < -0.4 is 10.6 Å². The Bertz CT molecular complexity index is 666. The third-order valence-electron chi connectivity index (χ3n) is 3.60. The van der Waals surface area contributed by atoms with Crippen molar-refractivity contribution >= 4 is 34.6 Å². The molecule has 0 fully saturated rings. The first kappa shape index (κ1) is 15.8. The van der Waals surface area contributed by atoms with E-state index in [4.69, 9.17) is 23.8 Å². The maximum atomic E-state index is 6.11. The average Bonchev–Trinajstić information content (AvgIpc) is 2.75. The molecule has 4 nitrogen and oxygen atoms in total. The second-order valence-electron chi connectivity index (χ2n) is 5.04. The Labute approximate surface area is 135 Å². The molecule has 0 saturated carbocycles. The largest absolute Gasteiger partial charge is 0.356 e. The Morgan fingerprint density at radius 3 is 2.71 bits per heavy atom. The maximum absolute atomic E-state index is 6.11. The van der Waals surface area contributed by atoms with Crippen LogP contribution in [0.1, 0.15) is 29.8 Å². The molecule has 0 amide bonds. The van der Waals surface area contributed by atoms with Gasteiger partial charge in [-0.1, -0.05) is 17.7 Å². The molecule has 1 aromatic carbocycles. The van der Waals surface area contributed by atoms with Crippen LogP contribution in [-0.2, 0) is 7.05 Å². The molecule has 0 radical (unpaired) electrons. The van der Waals surface area contributed by atoms with Crippen LogP contribution >= 0.6 is 23.8 Å². The SMILES string of the molecule is Cc1c(Cl)cccc1NC(=S)NC(C)c1cnn(C)c1C. The molecule has 2 rings (SSSR count). The molecule has 2 aromatic rings. The molecule has 0 aliphatic heterocycles. The first-order valence-electron chi connectivity index (χ1n) is 6.71. The highest BCUT2D eigenvalue weighted by molar-refractivity contribution is 7.80. The number of thiocarbonyl (C=S) groups is 1. The van der Waals surface area contributed by atoms with E-state index in [9.17, 15) is 0 Å². The van der Waals surface area contributed by atoms with E-state index in [1.165, 1.54) is 0 Å². The van der Waals surface area contributed by atoms with E-state index in [-0.39, 0.29) is 6.04 Å². The molecule has 112 valence electrons. The number of hydrogen-bond acceptors (Lipinski definition) is 2. The van der Waals surface area contributed by atoms with E-state index in [0.717, 1.165) is 27.5 Å². The number of nitrogens with one attached hydrogen (secondary N) is 2. The van der Waals surface area contributed by atoms with Crippen molar-refractivity contribution in [3.63, 3.8) is 0 Å². The summed E-state index contributed by atoms with van der Waals surface area (Å²) >= 11 is 11.5. The predicted octanol–water partition coefficient (Wildman–Crippen LogP) is 3.74. The zero-order valence-corrected chi connectivity index (χ0v) is 14.1. The number of rotatable bonds is 3. The number of aryl methyl sites for hydroxylation is 1. The summed E-state index contributed by atoms with van der Waals surface area (Å²) in [5.74, 6) is 0. The second-order valence-corrected chi connectivity index (χ2v) is 5.86. The second kappa shape index (κ2) is 6.45. The number of hydrogen-bond donors (Lipinski definition) is 2. The lowest BCUT2D eigenvalue weighted by molar-refractivity contribution is 0.701. The van der Waals surface area contributed by atoms with Crippen LogP contribution in [0.4, 0.5) is 5.69 Å². The number of halogens is 1. The van der Waals surface area contributed by atoms with Gasteiger partial charge in [0, 0.05) is 29.0 Å². The summed E-state index contributed by atoms with van der Waals surface area (Å²) in [5, 5.41) is 12.0. The Hall–Kier alpha value is -1.59. The Morgan fingerprint density at radius 1 is 1.38 bits per heavy atom. The van der Waals surface area contributed by atoms with Crippen molar-refractivity contribution in [1.29, 1.82) is 0 Å². The molecule has 1 atom stereocenters. The highest BCUT2D eigenvalue weighted by atomic mass is 35.5. The molecule has 21 heavy (non-hydrogen) atoms. The van der Waals surface area contributed by atoms with Gasteiger partial charge < -0.3 is 10.6 Å². The summed E-state index contributed by atoms with van der Waals surface area (Å²) in [5.41, 5.74) is 4.14. The van der Waals surface area contributed by atoms with Crippen molar-refractivity contribution in [2.24, 2.45) is 7.05 Å². The van der Waals surface area contributed by atoms with Gasteiger partial charge in [-0.15, -0.1) is 0 Å². The summed E-state index contributed by atoms with van der Waals surface area (Å²) in [4.78, 5) is 0. The molecule has 1 heterocycles. The summed E-state index contributed by atoms with van der Waals surface area (Å²) < 4.78 is 1.85. The fourth-order valence-corrected chi connectivity index (χ4v) is 2.58. The number of anilines is 1. The van der Waals surface area contributed by atoms with Crippen molar-refractivity contribution in [3.8, 4) is 0 Å². The minimum Gasteiger partial charge on any atom is -0.356 e. The first-order valence-corrected chi connectivity index (χ1v) is 7.50. The summed E-state index contributed by atoms with van der Waals surface area (Å²) in [6.07, 6.45) is 1.86. The fourth-order valence-electron chi connectivity index (χ4n) is 2.12. The van der Waals surface area contributed by atoms with Crippen molar-refractivity contribution in [1.82, 2.24) is 15.1 Å². The molecule has 0 aliphatic rings. The molecule has 1 aromatic heterocycles. The smallest absolute Gasteiger partial charge is 0.171 e. The quantitative estimate of drug-likeness (QED) is 0.845. The normalized spacial score (nSPS) is 12.0. The van der Waals surface area contributed by atoms with Gasteiger partial charge in [0.1, 0.15) is 0 Å². The van der Waals surface area contributed by atoms with Gasteiger partial charge in [-0.2, -0.15) is 5.10 Å². The molecule has 0 spiro atoms. The van der Waals surface area contributed by atoms with Crippen molar-refractivity contribution in [3.05, 3.63) is 46.2 Å². The topological polar surface area (TPSA) is 41.9 Å². The summed E-state index contributed by atoms with van der Waals surface area (Å²) in [7, 11) is 1.93. The number of benzene rings is 1. The van der Waals surface area contributed by atoms with Crippen molar-refractivity contribution in [2.75, 3.05) is 5.32 Å².